The molecule has 1 aromatic heterocycles. The number of carbonyl (C=O) groups is 1. The molecule has 0 spiro atoms. The smallest absolute Gasteiger partial charge is 0.273 e. The Bertz CT molecular complexity index is 615. The van der Waals surface area contributed by atoms with E-state index in [1.165, 1.54) is 0 Å². The normalized spacial score (nSPS) is 16.2. The van der Waals surface area contributed by atoms with Gasteiger partial charge in [-0.2, -0.15) is 0 Å². The first-order valence-corrected chi connectivity index (χ1v) is 7.09. The van der Waals surface area contributed by atoms with Crippen LogP contribution in [0.5, 0.6) is 0 Å². The Morgan fingerprint density at radius 1 is 1.25 bits per heavy atom. The fourth-order valence-electron chi connectivity index (χ4n) is 2.82. The maximum absolute atomic E-state index is 12.7. The predicted octanol–water partition coefficient (Wildman–Crippen LogP) is 2.06. The van der Waals surface area contributed by atoms with E-state index < -0.39 is 0 Å². The number of benzene rings is 1. The van der Waals surface area contributed by atoms with Crippen molar-refractivity contribution in [3.8, 4) is 0 Å². The van der Waals surface area contributed by atoms with Crippen molar-refractivity contribution in [2.45, 2.75) is 18.9 Å². The standard InChI is InChI=1S/C16H19N3O/c1-19(13-7-9-17-10-8-13)16(20)15-14-5-3-2-4-12(14)6-11-18-15/h2-6,11,13,17H,7-10H2,1H3. The number of piperidine rings is 1. The highest BCUT2D eigenvalue weighted by Crippen LogP contribution is 2.19. The first kappa shape index (κ1) is 13.1. The molecule has 2 aromatic rings. The molecule has 0 atom stereocenters. The second-order valence-electron chi connectivity index (χ2n) is 5.28. The van der Waals surface area contributed by atoms with Crippen LogP contribution in [-0.4, -0.2) is 42.0 Å². The van der Waals surface area contributed by atoms with Crippen LogP contribution in [-0.2, 0) is 0 Å². The molecule has 4 heteroatoms. The van der Waals surface area contributed by atoms with Crippen LogP contribution in [0.1, 0.15) is 23.3 Å². The number of pyridine rings is 1. The van der Waals surface area contributed by atoms with Gasteiger partial charge in [0.15, 0.2) is 0 Å². The van der Waals surface area contributed by atoms with Crippen LogP contribution in [0.25, 0.3) is 10.8 Å². The lowest BCUT2D eigenvalue weighted by atomic mass is 10.0. The van der Waals surface area contributed by atoms with Gasteiger partial charge in [0, 0.05) is 24.7 Å². The third-order valence-electron chi connectivity index (χ3n) is 4.05. The van der Waals surface area contributed by atoms with Crippen LogP contribution in [0.3, 0.4) is 0 Å². The van der Waals surface area contributed by atoms with Crippen molar-refractivity contribution >= 4 is 16.7 Å². The summed E-state index contributed by atoms with van der Waals surface area (Å²) in [4.78, 5) is 18.9. The minimum absolute atomic E-state index is 0.0219. The molecule has 1 N–H and O–H groups in total. The van der Waals surface area contributed by atoms with E-state index in [4.69, 9.17) is 0 Å². The van der Waals surface area contributed by atoms with Crippen LogP contribution >= 0.6 is 0 Å². The number of nitrogens with one attached hydrogen (secondary N) is 1. The molecule has 20 heavy (non-hydrogen) atoms. The Morgan fingerprint density at radius 2 is 2.00 bits per heavy atom. The third-order valence-corrected chi connectivity index (χ3v) is 4.05. The second-order valence-corrected chi connectivity index (χ2v) is 5.28. The van der Waals surface area contributed by atoms with Crippen molar-refractivity contribution in [2.24, 2.45) is 0 Å². The number of amides is 1. The zero-order valence-electron chi connectivity index (χ0n) is 11.7. The second kappa shape index (κ2) is 5.59. The quantitative estimate of drug-likeness (QED) is 0.907. The van der Waals surface area contributed by atoms with Crippen molar-refractivity contribution in [1.29, 1.82) is 0 Å². The molecule has 1 aliphatic rings. The minimum atomic E-state index is 0.0219. The molecule has 1 saturated heterocycles. The molecular weight excluding hydrogens is 250 g/mol. The van der Waals surface area contributed by atoms with Crippen LogP contribution < -0.4 is 5.32 Å². The lowest BCUT2D eigenvalue weighted by Gasteiger charge is -2.31. The van der Waals surface area contributed by atoms with Crippen LogP contribution in [0.15, 0.2) is 36.5 Å². The molecule has 104 valence electrons. The Morgan fingerprint density at radius 3 is 2.80 bits per heavy atom. The molecule has 2 heterocycles. The van der Waals surface area contributed by atoms with Gasteiger partial charge in [-0.3, -0.25) is 9.78 Å². The first-order valence-electron chi connectivity index (χ1n) is 7.09. The van der Waals surface area contributed by atoms with Gasteiger partial charge in [0.25, 0.3) is 5.91 Å². The van der Waals surface area contributed by atoms with E-state index in [1.807, 2.05) is 42.3 Å². The molecule has 1 amide bonds. The van der Waals surface area contributed by atoms with Gasteiger partial charge in [-0.1, -0.05) is 24.3 Å². The number of fused-ring (bicyclic) bond motifs is 1. The van der Waals surface area contributed by atoms with Gasteiger partial charge in [0.2, 0.25) is 0 Å². The van der Waals surface area contributed by atoms with Crippen molar-refractivity contribution in [3.63, 3.8) is 0 Å². The van der Waals surface area contributed by atoms with Gasteiger partial charge in [-0.05, 0) is 37.4 Å². The Hall–Kier alpha value is -1.94. The van der Waals surface area contributed by atoms with E-state index >= 15 is 0 Å². The third kappa shape index (κ3) is 2.39. The fraction of sp³-hybridized carbons (Fsp3) is 0.375. The molecule has 4 nitrogen and oxygen atoms in total. The first-order chi connectivity index (χ1) is 9.77. The SMILES string of the molecule is CN(C(=O)c1nccc2ccccc12)C1CCNCC1. The van der Waals surface area contributed by atoms with E-state index in [-0.39, 0.29) is 5.91 Å². The van der Waals surface area contributed by atoms with Gasteiger partial charge < -0.3 is 10.2 Å². The Kier molecular flexibility index (Phi) is 3.65. The van der Waals surface area contributed by atoms with Crippen molar-refractivity contribution < 1.29 is 4.79 Å². The van der Waals surface area contributed by atoms with Gasteiger partial charge in [0.1, 0.15) is 5.69 Å². The van der Waals surface area contributed by atoms with Crippen LogP contribution in [0.2, 0.25) is 0 Å². The number of rotatable bonds is 2. The number of nitrogens with zero attached hydrogens (tertiary/aromatic N) is 2. The Balaban J connectivity index is 1.92. The van der Waals surface area contributed by atoms with E-state index in [2.05, 4.69) is 10.3 Å². The topological polar surface area (TPSA) is 45.2 Å². The number of hydrogen-bond donors (Lipinski definition) is 1. The zero-order chi connectivity index (χ0) is 13.9. The molecule has 0 saturated carbocycles. The molecule has 1 aromatic carbocycles. The van der Waals surface area contributed by atoms with Crippen molar-refractivity contribution in [1.82, 2.24) is 15.2 Å². The van der Waals surface area contributed by atoms with E-state index in [9.17, 15) is 4.79 Å². The van der Waals surface area contributed by atoms with Gasteiger partial charge in [-0.25, -0.2) is 0 Å². The minimum Gasteiger partial charge on any atom is -0.337 e. The summed E-state index contributed by atoms with van der Waals surface area (Å²) in [5, 5.41) is 5.32. The zero-order valence-corrected chi connectivity index (χ0v) is 11.7. The van der Waals surface area contributed by atoms with E-state index in [0.29, 0.717) is 11.7 Å². The maximum atomic E-state index is 12.7. The lowest BCUT2D eigenvalue weighted by molar-refractivity contribution is 0.0699. The summed E-state index contributed by atoms with van der Waals surface area (Å²) in [6.45, 7) is 1.95. The van der Waals surface area contributed by atoms with E-state index in [1.54, 1.807) is 6.20 Å². The largest absolute Gasteiger partial charge is 0.337 e. The monoisotopic (exact) mass is 269 g/mol. The summed E-state index contributed by atoms with van der Waals surface area (Å²) in [7, 11) is 1.89. The number of aromatic nitrogens is 1. The summed E-state index contributed by atoms with van der Waals surface area (Å²) in [6.07, 6.45) is 3.73. The van der Waals surface area contributed by atoms with Crippen LogP contribution in [0.4, 0.5) is 0 Å². The molecule has 0 aliphatic carbocycles. The Labute approximate surface area is 118 Å². The summed E-state index contributed by atoms with van der Waals surface area (Å²) in [6, 6.07) is 10.2. The number of hydrogen-bond acceptors (Lipinski definition) is 3. The van der Waals surface area contributed by atoms with Gasteiger partial charge >= 0.3 is 0 Å². The van der Waals surface area contributed by atoms with Crippen molar-refractivity contribution in [2.75, 3.05) is 20.1 Å². The van der Waals surface area contributed by atoms with Gasteiger partial charge in [-0.15, -0.1) is 0 Å². The summed E-state index contributed by atoms with van der Waals surface area (Å²) >= 11 is 0. The molecule has 1 fully saturated rings. The highest BCUT2D eigenvalue weighted by Gasteiger charge is 2.24. The molecular formula is C16H19N3O. The summed E-state index contributed by atoms with van der Waals surface area (Å²) in [5.41, 5.74) is 0.559. The van der Waals surface area contributed by atoms with Gasteiger partial charge in [0.05, 0.1) is 0 Å². The summed E-state index contributed by atoms with van der Waals surface area (Å²) in [5.74, 6) is 0.0219. The van der Waals surface area contributed by atoms with Crippen molar-refractivity contribution in [3.05, 3.63) is 42.2 Å². The van der Waals surface area contributed by atoms with E-state index in [0.717, 1.165) is 36.7 Å². The molecule has 0 radical (unpaired) electrons. The molecule has 3 rings (SSSR count). The molecule has 0 bridgehead atoms. The maximum Gasteiger partial charge on any atom is 0.273 e. The molecule has 1 aliphatic heterocycles. The average Bonchev–Trinajstić information content (AvgIpc) is 2.54. The highest BCUT2D eigenvalue weighted by molar-refractivity contribution is 6.05. The fourth-order valence-corrected chi connectivity index (χ4v) is 2.82. The average molecular weight is 269 g/mol. The molecule has 0 unspecified atom stereocenters. The summed E-state index contributed by atoms with van der Waals surface area (Å²) < 4.78 is 0. The lowest BCUT2D eigenvalue weighted by Crippen LogP contribution is -2.44. The highest BCUT2D eigenvalue weighted by atomic mass is 16.2. The predicted molar refractivity (Wildman–Crippen MR) is 79.7 cm³/mol. The number of carbonyl (C=O) groups excluding carboxylic acids is 1. The van der Waals surface area contributed by atoms with Crippen LogP contribution in [0, 0.1) is 0 Å².